The zero-order chi connectivity index (χ0) is 17.9. The van der Waals surface area contributed by atoms with E-state index in [1.165, 1.54) is 12.8 Å². The number of rotatable bonds is 3. The van der Waals surface area contributed by atoms with Gasteiger partial charge in [-0.15, -0.1) is 0 Å². The molecule has 0 bridgehead atoms. The molecule has 5 nitrogen and oxygen atoms in total. The zero-order valence-corrected chi connectivity index (χ0v) is 15.3. The van der Waals surface area contributed by atoms with Crippen LogP contribution in [0.15, 0.2) is 49.1 Å². The molecule has 0 atom stereocenters. The largest absolute Gasteiger partial charge is 0.341 e. The number of anilines is 1. The smallest absolute Gasteiger partial charge is 0.225 e. The molecule has 4 rings (SSSR count). The second kappa shape index (κ2) is 7.20. The molecule has 0 amide bonds. The van der Waals surface area contributed by atoms with Crippen LogP contribution in [0.25, 0.3) is 22.4 Å². The first kappa shape index (κ1) is 16.6. The minimum Gasteiger partial charge on any atom is -0.341 e. The van der Waals surface area contributed by atoms with Crippen molar-refractivity contribution < 1.29 is 0 Å². The van der Waals surface area contributed by atoms with E-state index < -0.39 is 0 Å². The molecule has 1 fully saturated rings. The van der Waals surface area contributed by atoms with Crippen LogP contribution in [0.2, 0.25) is 0 Å². The normalized spacial score (nSPS) is 15.2. The van der Waals surface area contributed by atoms with E-state index in [-0.39, 0.29) is 0 Å². The quantitative estimate of drug-likeness (QED) is 0.714. The highest BCUT2D eigenvalue weighted by Crippen LogP contribution is 2.31. The average molecular weight is 345 g/mol. The molecule has 0 aliphatic carbocycles. The molecule has 26 heavy (non-hydrogen) atoms. The van der Waals surface area contributed by atoms with Gasteiger partial charge in [0.2, 0.25) is 5.95 Å². The van der Waals surface area contributed by atoms with Crippen molar-refractivity contribution in [3.63, 3.8) is 0 Å². The molecule has 0 N–H and O–H groups in total. The number of piperidine rings is 1. The molecule has 0 aromatic carbocycles. The van der Waals surface area contributed by atoms with Crippen LogP contribution in [0.3, 0.4) is 0 Å². The van der Waals surface area contributed by atoms with Crippen molar-refractivity contribution >= 4 is 5.95 Å². The van der Waals surface area contributed by atoms with Crippen molar-refractivity contribution in [1.82, 2.24) is 19.9 Å². The Hall–Kier alpha value is -2.82. The summed E-state index contributed by atoms with van der Waals surface area (Å²) in [5.74, 6) is 1.59. The predicted molar refractivity (Wildman–Crippen MR) is 104 cm³/mol. The van der Waals surface area contributed by atoms with Gasteiger partial charge >= 0.3 is 0 Å². The third-order valence-corrected chi connectivity index (χ3v) is 5.02. The number of aromatic nitrogens is 4. The van der Waals surface area contributed by atoms with Crippen LogP contribution in [-0.2, 0) is 0 Å². The average Bonchev–Trinajstić information content (AvgIpc) is 2.69. The van der Waals surface area contributed by atoms with Gasteiger partial charge in [-0.05, 0) is 55.5 Å². The van der Waals surface area contributed by atoms with Crippen LogP contribution in [0.4, 0.5) is 5.95 Å². The molecule has 1 aliphatic rings. The van der Waals surface area contributed by atoms with Crippen molar-refractivity contribution in [2.45, 2.75) is 26.7 Å². The Morgan fingerprint density at radius 2 is 1.69 bits per heavy atom. The zero-order valence-electron chi connectivity index (χ0n) is 15.3. The summed E-state index contributed by atoms with van der Waals surface area (Å²) in [7, 11) is 0. The summed E-state index contributed by atoms with van der Waals surface area (Å²) in [5, 5.41) is 0. The monoisotopic (exact) mass is 345 g/mol. The van der Waals surface area contributed by atoms with E-state index in [0.29, 0.717) is 0 Å². The maximum absolute atomic E-state index is 4.95. The summed E-state index contributed by atoms with van der Waals surface area (Å²) in [6, 6.07) is 8.09. The summed E-state index contributed by atoms with van der Waals surface area (Å²) in [5.41, 5.74) is 5.00. The fraction of sp³-hybridized carbons (Fsp3) is 0.333. The minimum absolute atomic E-state index is 0.781. The molecular formula is C21H23N5. The molecule has 4 heterocycles. The highest BCUT2D eigenvalue weighted by molar-refractivity contribution is 5.80. The van der Waals surface area contributed by atoms with Gasteiger partial charge in [-0.1, -0.05) is 6.92 Å². The summed E-state index contributed by atoms with van der Waals surface area (Å²) < 4.78 is 0. The first-order chi connectivity index (χ1) is 12.7. The van der Waals surface area contributed by atoms with E-state index >= 15 is 0 Å². The maximum atomic E-state index is 4.95. The molecule has 132 valence electrons. The molecule has 5 heteroatoms. The molecule has 3 aromatic heterocycles. The maximum Gasteiger partial charge on any atom is 0.225 e. The van der Waals surface area contributed by atoms with Crippen LogP contribution in [0.5, 0.6) is 0 Å². The molecule has 0 radical (unpaired) electrons. The Bertz CT molecular complexity index is 869. The molecule has 1 saturated heterocycles. The van der Waals surface area contributed by atoms with Gasteiger partial charge in [0.1, 0.15) is 0 Å². The third kappa shape index (κ3) is 3.43. The number of hydrogen-bond donors (Lipinski definition) is 0. The van der Waals surface area contributed by atoms with Crippen molar-refractivity contribution in [1.29, 1.82) is 0 Å². The van der Waals surface area contributed by atoms with Gasteiger partial charge in [0, 0.05) is 54.7 Å². The van der Waals surface area contributed by atoms with Crippen molar-refractivity contribution in [2.75, 3.05) is 18.0 Å². The van der Waals surface area contributed by atoms with Crippen LogP contribution in [-0.4, -0.2) is 33.0 Å². The Kier molecular flexibility index (Phi) is 4.61. The van der Waals surface area contributed by atoms with Gasteiger partial charge in [-0.25, -0.2) is 9.97 Å². The van der Waals surface area contributed by atoms with Crippen LogP contribution < -0.4 is 4.90 Å². The minimum atomic E-state index is 0.781. The Labute approximate surface area is 154 Å². The fourth-order valence-electron chi connectivity index (χ4n) is 3.30. The standard InChI is InChI=1S/C21H23N5/c1-15-7-11-26(12-8-15)21-24-14-19(17-5-9-22-10-6-17)20(25-21)18-4-3-16(2)23-13-18/h3-6,9-10,13-15H,7-8,11-12H2,1-2H3. The van der Waals surface area contributed by atoms with Gasteiger partial charge in [-0.2, -0.15) is 0 Å². The van der Waals surface area contributed by atoms with Crippen LogP contribution >= 0.6 is 0 Å². The molecule has 0 spiro atoms. The van der Waals surface area contributed by atoms with Crippen molar-refractivity contribution in [3.8, 4) is 22.4 Å². The van der Waals surface area contributed by atoms with Gasteiger partial charge < -0.3 is 4.90 Å². The summed E-state index contributed by atoms with van der Waals surface area (Å²) >= 11 is 0. The van der Waals surface area contributed by atoms with Gasteiger partial charge in [0.05, 0.1) is 5.69 Å². The Balaban J connectivity index is 1.78. The van der Waals surface area contributed by atoms with Crippen LogP contribution in [0, 0.1) is 12.8 Å². The summed E-state index contributed by atoms with van der Waals surface area (Å²) in [6.45, 7) is 6.34. The lowest BCUT2D eigenvalue weighted by atomic mass is 9.99. The fourth-order valence-corrected chi connectivity index (χ4v) is 3.30. The Morgan fingerprint density at radius 3 is 2.38 bits per heavy atom. The van der Waals surface area contributed by atoms with E-state index in [0.717, 1.165) is 53.0 Å². The predicted octanol–water partition coefficient (Wildman–Crippen LogP) is 4.15. The Morgan fingerprint density at radius 1 is 0.923 bits per heavy atom. The second-order valence-electron chi connectivity index (χ2n) is 7.03. The van der Waals surface area contributed by atoms with Gasteiger partial charge in [-0.3, -0.25) is 9.97 Å². The summed E-state index contributed by atoms with van der Waals surface area (Å²) in [4.78, 5) is 20.5. The highest BCUT2D eigenvalue weighted by Gasteiger charge is 2.20. The number of nitrogens with zero attached hydrogens (tertiary/aromatic N) is 5. The first-order valence-electron chi connectivity index (χ1n) is 9.16. The topological polar surface area (TPSA) is 54.8 Å². The molecule has 0 unspecified atom stereocenters. The van der Waals surface area contributed by atoms with Gasteiger partial charge in [0.15, 0.2) is 0 Å². The SMILES string of the molecule is Cc1ccc(-c2nc(N3CCC(C)CC3)ncc2-c2ccncc2)cn1. The third-order valence-electron chi connectivity index (χ3n) is 5.02. The highest BCUT2D eigenvalue weighted by atomic mass is 15.3. The van der Waals surface area contributed by atoms with Gasteiger partial charge in [0.25, 0.3) is 0 Å². The van der Waals surface area contributed by atoms with E-state index in [1.807, 2.05) is 37.5 Å². The lowest BCUT2D eigenvalue weighted by Crippen LogP contribution is -2.34. The first-order valence-corrected chi connectivity index (χ1v) is 9.16. The molecule has 1 aliphatic heterocycles. The number of hydrogen-bond acceptors (Lipinski definition) is 5. The second-order valence-corrected chi connectivity index (χ2v) is 7.03. The van der Waals surface area contributed by atoms with Crippen LogP contribution in [0.1, 0.15) is 25.5 Å². The number of aryl methyl sites for hydroxylation is 1. The lowest BCUT2D eigenvalue weighted by Gasteiger charge is -2.30. The number of pyridine rings is 2. The van der Waals surface area contributed by atoms with E-state index in [9.17, 15) is 0 Å². The van der Waals surface area contributed by atoms with E-state index in [2.05, 4.69) is 32.8 Å². The molecule has 3 aromatic rings. The summed E-state index contributed by atoms with van der Waals surface area (Å²) in [6.07, 6.45) is 9.81. The molecular weight excluding hydrogens is 322 g/mol. The van der Waals surface area contributed by atoms with E-state index in [4.69, 9.17) is 4.98 Å². The lowest BCUT2D eigenvalue weighted by molar-refractivity contribution is 0.434. The van der Waals surface area contributed by atoms with Crippen molar-refractivity contribution in [3.05, 3.63) is 54.7 Å². The van der Waals surface area contributed by atoms with Crippen molar-refractivity contribution in [2.24, 2.45) is 5.92 Å². The van der Waals surface area contributed by atoms with E-state index in [1.54, 1.807) is 12.4 Å². The molecule has 0 saturated carbocycles.